The lowest BCUT2D eigenvalue weighted by Gasteiger charge is -2.13. The lowest BCUT2D eigenvalue weighted by molar-refractivity contribution is 0.0934. The summed E-state index contributed by atoms with van der Waals surface area (Å²) in [5.41, 5.74) is 2.47. The number of aryl methyl sites for hydroxylation is 1. The molecule has 4 heteroatoms. The van der Waals surface area contributed by atoms with E-state index in [0.717, 1.165) is 18.4 Å². The van der Waals surface area contributed by atoms with Gasteiger partial charge in [0.2, 0.25) is 0 Å². The van der Waals surface area contributed by atoms with Gasteiger partial charge in [0.15, 0.2) is 0 Å². The smallest absolute Gasteiger partial charge is 0.267 e. The first-order chi connectivity index (χ1) is 11.1. The molecule has 1 heterocycles. The number of H-pyrrole nitrogens is 1. The standard InChI is InChI=1S/C19H19FN2O/c1-13(7-8-14-5-3-2-4-6-14)21-19(23)18-12-15-11-16(20)9-10-17(15)22-18/h2-6,9-13,22H,7-8H2,1H3,(H,21,23)/t13-/m0/s1. The number of hydrogen-bond donors (Lipinski definition) is 2. The van der Waals surface area contributed by atoms with Crippen LogP contribution >= 0.6 is 0 Å². The van der Waals surface area contributed by atoms with E-state index in [9.17, 15) is 9.18 Å². The summed E-state index contributed by atoms with van der Waals surface area (Å²) in [5.74, 6) is -0.471. The van der Waals surface area contributed by atoms with E-state index in [2.05, 4.69) is 22.4 Å². The lowest BCUT2D eigenvalue weighted by Crippen LogP contribution is -2.33. The van der Waals surface area contributed by atoms with Crippen LogP contribution in [0.5, 0.6) is 0 Å². The number of halogens is 1. The third kappa shape index (κ3) is 3.77. The Morgan fingerprint density at radius 3 is 2.74 bits per heavy atom. The maximum Gasteiger partial charge on any atom is 0.267 e. The number of carbonyl (C=O) groups is 1. The van der Waals surface area contributed by atoms with Crippen molar-refractivity contribution in [3.63, 3.8) is 0 Å². The van der Waals surface area contributed by atoms with Crippen LogP contribution in [0.1, 0.15) is 29.4 Å². The molecule has 3 rings (SSSR count). The van der Waals surface area contributed by atoms with Crippen LogP contribution in [0.25, 0.3) is 10.9 Å². The molecule has 23 heavy (non-hydrogen) atoms. The SMILES string of the molecule is C[C@@H](CCc1ccccc1)NC(=O)c1cc2cc(F)ccc2[nH]1. The minimum Gasteiger partial charge on any atom is -0.351 e. The average molecular weight is 310 g/mol. The van der Waals surface area contributed by atoms with Gasteiger partial charge < -0.3 is 10.3 Å². The van der Waals surface area contributed by atoms with Crippen LogP contribution in [-0.4, -0.2) is 16.9 Å². The second kappa shape index (κ2) is 6.65. The molecule has 0 unspecified atom stereocenters. The zero-order valence-corrected chi connectivity index (χ0v) is 13.0. The van der Waals surface area contributed by atoms with E-state index in [4.69, 9.17) is 0 Å². The highest BCUT2D eigenvalue weighted by Crippen LogP contribution is 2.17. The molecule has 0 aliphatic heterocycles. The number of aromatic amines is 1. The van der Waals surface area contributed by atoms with Crippen LogP contribution in [0.2, 0.25) is 0 Å². The van der Waals surface area contributed by atoms with E-state index in [0.29, 0.717) is 11.1 Å². The Morgan fingerprint density at radius 1 is 1.17 bits per heavy atom. The topological polar surface area (TPSA) is 44.9 Å². The van der Waals surface area contributed by atoms with Crippen molar-refractivity contribution in [2.75, 3.05) is 0 Å². The summed E-state index contributed by atoms with van der Waals surface area (Å²) in [4.78, 5) is 15.3. The molecule has 0 aliphatic rings. The van der Waals surface area contributed by atoms with Crippen molar-refractivity contribution in [1.82, 2.24) is 10.3 Å². The zero-order valence-electron chi connectivity index (χ0n) is 13.0. The fourth-order valence-electron chi connectivity index (χ4n) is 2.63. The van der Waals surface area contributed by atoms with E-state index in [1.807, 2.05) is 25.1 Å². The molecular weight excluding hydrogens is 291 g/mol. The molecule has 2 N–H and O–H groups in total. The molecule has 1 atom stereocenters. The van der Waals surface area contributed by atoms with Crippen molar-refractivity contribution < 1.29 is 9.18 Å². The fourth-order valence-corrected chi connectivity index (χ4v) is 2.63. The Morgan fingerprint density at radius 2 is 1.96 bits per heavy atom. The Bertz CT molecular complexity index is 811. The van der Waals surface area contributed by atoms with E-state index < -0.39 is 0 Å². The number of rotatable bonds is 5. The molecule has 118 valence electrons. The second-order valence-corrected chi connectivity index (χ2v) is 5.81. The molecule has 0 saturated heterocycles. The van der Waals surface area contributed by atoms with Gasteiger partial charge in [0.1, 0.15) is 11.5 Å². The molecule has 0 saturated carbocycles. The van der Waals surface area contributed by atoms with E-state index in [1.165, 1.54) is 17.7 Å². The minimum absolute atomic E-state index is 0.0610. The summed E-state index contributed by atoms with van der Waals surface area (Å²) in [5, 5.41) is 3.68. The molecule has 1 amide bonds. The Hall–Kier alpha value is -2.62. The average Bonchev–Trinajstić information content (AvgIpc) is 2.97. The van der Waals surface area contributed by atoms with Gasteiger partial charge in [0.25, 0.3) is 5.91 Å². The molecule has 0 fully saturated rings. The van der Waals surface area contributed by atoms with Crippen LogP contribution < -0.4 is 5.32 Å². The third-order valence-electron chi connectivity index (χ3n) is 3.91. The van der Waals surface area contributed by atoms with Crippen molar-refractivity contribution in [2.24, 2.45) is 0 Å². The highest BCUT2D eigenvalue weighted by molar-refractivity contribution is 5.98. The van der Waals surface area contributed by atoms with E-state index >= 15 is 0 Å². The number of fused-ring (bicyclic) bond motifs is 1. The van der Waals surface area contributed by atoms with Gasteiger partial charge in [-0.1, -0.05) is 30.3 Å². The molecule has 0 aliphatic carbocycles. The second-order valence-electron chi connectivity index (χ2n) is 5.81. The summed E-state index contributed by atoms with van der Waals surface area (Å²) < 4.78 is 13.2. The molecule has 2 aromatic carbocycles. The molecule has 0 bridgehead atoms. The Labute approximate surface area is 134 Å². The van der Waals surface area contributed by atoms with Gasteiger partial charge in [-0.3, -0.25) is 4.79 Å². The van der Waals surface area contributed by atoms with Crippen molar-refractivity contribution in [3.8, 4) is 0 Å². The predicted octanol–water partition coefficient (Wildman–Crippen LogP) is 4.06. The first kappa shape index (κ1) is 15.3. The minimum atomic E-state index is -0.306. The van der Waals surface area contributed by atoms with Crippen molar-refractivity contribution >= 4 is 16.8 Å². The maximum atomic E-state index is 13.2. The highest BCUT2D eigenvalue weighted by Gasteiger charge is 2.12. The van der Waals surface area contributed by atoms with Crippen LogP contribution in [0.4, 0.5) is 4.39 Å². The summed E-state index contributed by atoms with van der Waals surface area (Å²) in [6.45, 7) is 1.99. The quantitative estimate of drug-likeness (QED) is 0.733. The maximum absolute atomic E-state index is 13.2. The van der Waals surface area contributed by atoms with Gasteiger partial charge >= 0.3 is 0 Å². The first-order valence-electron chi connectivity index (χ1n) is 7.75. The molecule has 0 radical (unpaired) electrons. The summed E-state index contributed by atoms with van der Waals surface area (Å²) >= 11 is 0. The molecule has 1 aromatic heterocycles. The number of nitrogens with one attached hydrogen (secondary N) is 2. The van der Waals surface area contributed by atoms with Gasteiger partial charge in [-0.25, -0.2) is 4.39 Å². The van der Waals surface area contributed by atoms with Gasteiger partial charge in [0, 0.05) is 16.9 Å². The zero-order chi connectivity index (χ0) is 16.2. The molecule has 3 nitrogen and oxygen atoms in total. The van der Waals surface area contributed by atoms with Crippen molar-refractivity contribution in [1.29, 1.82) is 0 Å². The number of carbonyl (C=O) groups excluding carboxylic acids is 1. The van der Waals surface area contributed by atoms with Crippen LogP contribution in [0, 0.1) is 5.82 Å². The lowest BCUT2D eigenvalue weighted by atomic mass is 10.1. The number of amides is 1. The largest absolute Gasteiger partial charge is 0.351 e. The molecule has 0 spiro atoms. The van der Waals surface area contributed by atoms with Crippen molar-refractivity contribution in [2.45, 2.75) is 25.8 Å². The van der Waals surface area contributed by atoms with Gasteiger partial charge in [0.05, 0.1) is 0 Å². The van der Waals surface area contributed by atoms with Gasteiger partial charge in [-0.2, -0.15) is 0 Å². The van der Waals surface area contributed by atoms with Gasteiger partial charge in [-0.05, 0) is 49.6 Å². The summed E-state index contributed by atoms with van der Waals surface area (Å²) in [6.07, 6.45) is 1.78. The highest BCUT2D eigenvalue weighted by atomic mass is 19.1. The first-order valence-corrected chi connectivity index (χ1v) is 7.75. The van der Waals surface area contributed by atoms with Crippen molar-refractivity contribution in [3.05, 3.63) is 71.7 Å². The molecular formula is C19H19FN2O. The van der Waals surface area contributed by atoms with Crippen LogP contribution in [-0.2, 0) is 6.42 Å². The number of aromatic nitrogens is 1. The Kier molecular flexibility index (Phi) is 4.42. The van der Waals surface area contributed by atoms with Crippen LogP contribution in [0.15, 0.2) is 54.6 Å². The van der Waals surface area contributed by atoms with E-state index in [-0.39, 0.29) is 17.8 Å². The predicted molar refractivity (Wildman–Crippen MR) is 89.9 cm³/mol. The Balaban J connectivity index is 1.61. The monoisotopic (exact) mass is 310 g/mol. The number of benzene rings is 2. The van der Waals surface area contributed by atoms with E-state index in [1.54, 1.807) is 12.1 Å². The normalized spacial score (nSPS) is 12.3. The van der Waals surface area contributed by atoms with Gasteiger partial charge in [-0.15, -0.1) is 0 Å². The summed E-state index contributed by atoms with van der Waals surface area (Å²) in [7, 11) is 0. The third-order valence-corrected chi connectivity index (χ3v) is 3.91. The number of hydrogen-bond acceptors (Lipinski definition) is 1. The summed E-state index contributed by atoms with van der Waals surface area (Å²) in [6, 6.07) is 16.4. The fraction of sp³-hybridized carbons (Fsp3) is 0.211. The van der Waals surface area contributed by atoms with Crippen LogP contribution in [0.3, 0.4) is 0 Å². The molecule has 3 aromatic rings.